The molecule has 2 saturated carbocycles. The lowest BCUT2D eigenvalue weighted by Crippen LogP contribution is -2.57. The number of carbonyl (C=O) groups is 1. The summed E-state index contributed by atoms with van der Waals surface area (Å²) >= 11 is 5.97. The molecule has 5 rings (SSSR count). The summed E-state index contributed by atoms with van der Waals surface area (Å²) in [4.78, 5) is 17.6. The van der Waals surface area contributed by atoms with Gasteiger partial charge in [0.2, 0.25) is 0 Å². The molecule has 0 bridgehead atoms. The minimum absolute atomic E-state index is 0.151. The molecule has 148 valence electrons. The molecule has 3 nitrogen and oxygen atoms in total. The van der Waals surface area contributed by atoms with Crippen molar-refractivity contribution >= 4 is 22.9 Å². The molecule has 28 heavy (non-hydrogen) atoms. The summed E-state index contributed by atoms with van der Waals surface area (Å²) in [7, 11) is 0. The van der Waals surface area contributed by atoms with Gasteiger partial charge in [-0.2, -0.15) is 0 Å². The minimum atomic E-state index is 0.151. The third-order valence-electron chi connectivity index (χ3n) is 8.83. The van der Waals surface area contributed by atoms with E-state index in [9.17, 15) is 4.79 Å². The van der Waals surface area contributed by atoms with Crippen LogP contribution in [0.2, 0.25) is 0 Å². The smallest absolute Gasteiger partial charge is 0.157 e. The van der Waals surface area contributed by atoms with Crippen LogP contribution in [-0.4, -0.2) is 22.2 Å². The van der Waals surface area contributed by atoms with Crippen LogP contribution in [0.15, 0.2) is 36.2 Å². The van der Waals surface area contributed by atoms with Gasteiger partial charge < -0.3 is 5.32 Å². The van der Waals surface area contributed by atoms with Gasteiger partial charge in [0.15, 0.2) is 5.78 Å². The normalized spacial score (nSPS) is 41.9. The van der Waals surface area contributed by atoms with Crippen LogP contribution in [0.25, 0.3) is 0 Å². The highest BCUT2D eigenvalue weighted by atomic mass is 32.1. The number of rotatable bonds is 2. The molecule has 0 radical (unpaired) electrons. The molecule has 6 atom stereocenters. The lowest BCUT2D eigenvalue weighted by molar-refractivity contribution is -0.117. The van der Waals surface area contributed by atoms with E-state index in [2.05, 4.69) is 30.2 Å². The number of nitrogens with one attached hydrogen (secondary N) is 1. The van der Waals surface area contributed by atoms with E-state index in [1.807, 2.05) is 24.4 Å². The van der Waals surface area contributed by atoms with E-state index in [0.717, 1.165) is 23.5 Å². The molecule has 4 heteroatoms. The van der Waals surface area contributed by atoms with E-state index in [4.69, 9.17) is 12.2 Å². The van der Waals surface area contributed by atoms with E-state index in [1.165, 1.54) is 31.4 Å². The third-order valence-corrected chi connectivity index (χ3v) is 9.32. The van der Waals surface area contributed by atoms with Crippen LogP contribution in [0.3, 0.4) is 0 Å². The molecule has 1 aromatic heterocycles. The molecule has 1 unspecified atom stereocenters. The van der Waals surface area contributed by atoms with Crippen molar-refractivity contribution in [3.8, 4) is 0 Å². The molecule has 3 fully saturated rings. The maximum absolute atomic E-state index is 12.0. The fourth-order valence-electron chi connectivity index (χ4n) is 7.26. The first-order valence-electron chi connectivity index (χ1n) is 10.9. The quantitative estimate of drug-likeness (QED) is 0.582. The Hall–Kier alpha value is -1.55. The number of allylic oxidation sites excluding steroid dienone is 2. The summed E-state index contributed by atoms with van der Waals surface area (Å²) in [5.41, 5.74) is 2.64. The summed E-state index contributed by atoms with van der Waals surface area (Å²) in [5, 5.41) is 3.69. The van der Waals surface area contributed by atoms with Crippen molar-refractivity contribution in [2.45, 2.75) is 52.4 Å². The zero-order chi connectivity index (χ0) is 19.5. The van der Waals surface area contributed by atoms with E-state index in [1.54, 1.807) is 0 Å². The standard InChI is InChI=1S/C24H30N2OS/c1-23-11-9-18-16(14-26-21-13-15(27)8-10-24(18,21)2)17(23)6-7-19(23)22(28)20-5-3-4-12-25-20/h3-5,12-13,16-19,26H,6-11,14H2,1-2H3/t16-,17-,18+,19?,23-,24+/m0/s1. The first kappa shape index (κ1) is 18.5. The van der Waals surface area contributed by atoms with Gasteiger partial charge in [-0.1, -0.05) is 32.1 Å². The fourth-order valence-corrected chi connectivity index (χ4v) is 7.77. The number of piperidine rings is 1. The minimum Gasteiger partial charge on any atom is -0.387 e. The molecule has 4 aliphatic rings. The summed E-state index contributed by atoms with van der Waals surface area (Å²) in [6.07, 6.45) is 10.4. The van der Waals surface area contributed by atoms with Gasteiger partial charge in [0.25, 0.3) is 0 Å². The van der Waals surface area contributed by atoms with Crippen molar-refractivity contribution in [2.24, 2.45) is 34.5 Å². The van der Waals surface area contributed by atoms with Crippen LogP contribution >= 0.6 is 12.2 Å². The van der Waals surface area contributed by atoms with Crippen LogP contribution in [0.4, 0.5) is 0 Å². The zero-order valence-corrected chi connectivity index (χ0v) is 17.7. The van der Waals surface area contributed by atoms with Gasteiger partial charge in [0.1, 0.15) is 0 Å². The van der Waals surface area contributed by atoms with Gasteiger partial charge in [-0.25, -0.2) is 0 Å². The van der Waals surface area contributed by atoms with E-state index < -0.39 is 0 Å². The molecule has 0 amide bonds. The Morgan fingerprint density at radius 2 is 2.04 bits per heavy atom. The SMILES string of the molecule is C[C@]12CCC(=O)C=C1NC[C@@H]1[C@H]2CC[C@]2(C)C(C(=S)c3ccccn3)CC[C@@H]12. The number of hydrogen-bond donors (Lipinski definition) is 1. The number of fused-ring (bicyclic) bond motifs is 5. The van der Waals surface area contributed by atoms with Crippen LogP contribution in [-0.2, 0) is 4.79 Å². The molecular formula is C24H30N2OS. The van der Waals surface area contributed by atoms with Crippen LogP contribution in [0, 0.1) is 34.5 Å². The highest BCUT2D eigenvalue weighted by Crippen LogP contribution is 2.64. The number of aromatic nitrogens is 1. The zero-order valence-electron chi connectivity index (χ0n) is 16.9. The van der Waals surface area contributed by atoms with Gasteiger partial charge in [0.05, 0.1) is 5.69 Å². The number of pyridine rings is 1. The second-order valence-electron chi connectivity index (χ2n) is 9.95. The average molecular weight is 395 g/mol. The number of hydrogen-bond acceptors (Lipinski definition) is 4. The maximum Gasteiger partial charge on any atom is 0.157 e. The van der Waals surface area contributed by atoms with Gasteiger partial charge in [-0.3, -0.25) is 9.78 Å². The third kappa shape index (κ3) is 2.56. The summed E-state index contributed by atoms with van der Waals surface area (Å²) in [6.45, 7) is 5.92. The number of thiocarbonyl (C=S) groups is 1. The molecular weight excluding hydrogens is 364 g/mol. The highest BCUT2D eigenvalue weighted by molar-refractivity contribution is 7.80. The molecule has 1 aliphatic heterocycles. The van der Waals surface area contributed by atoms with Crippen molar-refractivity contribution in [3.05, 3.63) is 41.9 Å². The first-order valence-corrected chi connectivity index (χ1v) is 11.3. The second-order valence-corrected chi connectivity index (χ2v) is 10.4. The van der Waals surface area contributed by atoms with Gasteiger partial charge in [-0.05, 0) is 67.4 Å². The van der Waals surface area contributed by atoms with E-state index in [0.29, 0.717) is 35.9 Å². The largest absolute Gasteiger partial charge is 0.387 e. The lowest BCUT2D eigenvalue weighted by Gasteiger charge is -2.58. The monoisotopic (exact) mass is 394 g/mol. The summed E-state index contributed by atoms with van der Waals surface area (Å²) in [5.74, 6) is 2.84. The van der Waals surface area contributed by atoms with Gasteiger partial charge in [-0.15, -0.1) is 0 Å². The predicted octanol–water partition coefficient (Wildman–Crippen LogP) is 4.71. The summed E-state index contributed by atoms with van der Waals surface area (Å²) < 4.78 is 0. The Labute approximate surface area is 173 Å². The van der Waals surface area contributed by atoms with Crippen molar-refractivity contribution in [2.75, 3.05) is 6.54 Å². The second kappa shape index (κ2) is 6.48. The van der Waals surface area contributed by atoms with Crippen molar-refractivity contribution in [1.82, 2.24) is 10.3 Å². The Kier molecular flexibility index (Phi) is 4.28. The summed E-state index contributed by atoms with van der Waals surface area (Å²) in [6, 6.07) is 6.08. The van der Waals surface area contributed by atoms with Crippen molar-refractivity contribution < 1.29 is 4.79 Å². The number of ketones is 1. The van der Waals surface area contributed by atoms with Crippen LogP contribution in [0.1, 0.15) is 58.1 Å². The molecule has 2 heterocycles. The molecule has 0 spiro atoms. The molecule has 0 aromatic carbocycles. The lowest BCUT2D eigenvalue weighted by atomic mass is 9.49. The van der Waals surface area contributed by atoms with Crippen molar-refractivity contribution in [1.29, 1.82) is 0 Å². The van der Waals surface area contributed by atoms with Crippen molar-refractivity contribution in [3.63, 3.8) is 0 Å². The Bertz CT molecular complexity index is 849. The molecule has 1 aromatic rings. The molecule has 1 N–H and O–H groups in total. The maximum atomic E-state index is 12.0. The number of carbonyl (C=O) groups excluding carboxylic acids is 1. The number of nitrogens with zero attached hydrogens (tertiary/aromatic N) is 1. The Morgan fingerprint density at radius 3 is 2.82 bits per heavy atom. The fraction of sp³-hybridized carbons (Fsp3) is 0.625. The first-order chi connectivity index (χ1) is 13.4. The molecule has 3 aliphatic carbocycles. The Balaban J connectivity index is 1.44. The van der Waals surface area contributed by atoms with Gasteiger partial charge >= 0.3 is 0 Å². The van der Waals surface area contributed by atoms with Gasteiger partial charge in [0, 0.05) is 47.1 Å². The van der Waals surface area contributed by atoms with Crippen LogP contribution in [0.5, 0.6) is 0 Å². The topological polar surface area (TPSA) is 42.0 Å². The van der Waals surface area contributed by atoms with Crippen LogP contribution < -0.4 is 5.32 Å². The Morgan fingerprint density at radius 1 is 1.18 bits per heavy atom. The molecule has 1 saturated heterocycles. The average Bonchev–Trinajstić information content (AvgIpc) is 3.06. The van der Waals surface area contributed by atoms with E-state index >= 15 is 0 Å². The highest BCUT2D eigenvalue weighted by Gasteiger charge is 2.59. The van der Waals surface area contributed by atoms with E-state index in [-0.39, 0.29) is 10.8 Å². The predicted molar refractivity (Wildman–Crippen MR) is 115 cm³/mol.